The molecule has 2 rings (SSSR count). The van der Waals surface area contributed by atoms with E-state index in [0.29, 0.717) is 47.1 Å². The molecule has 0 bridgehead atoms. The van der Waals surface area contributed by atoms with Crippen molar-refractivity contribution in [3.8, 4) is 11.5 Å². The van der Waals surface area contributed by atoms with E-state index >= 15 is 0 Å². The first-order chi connectivity index (χ1) is 13.0. The van der Waals surface area contributed by atoms with Gasteiger partial charge in [-0.05, 0) is 18.6 Å². The van der Waals surface area contributed by atoms with Crippen molar-refractivity contribution in [3.05, 3.63) is 39.6 Å². The molecule has 0 saturated heterocycles. The van der Waals surface area contributed by atoms with Gasteiger partial charge in [-0.25, -0.2) is 0 Å². The molecule has 2 amide bonds. The molecule has 1 aromatic heterocycles. The first kappa shape index (κ1) is 20.7. The summed E-state index contributed by atoms with van der Waals surface area (Å²) in [5.74, 6) is 0.408. The van der Waals surface area contributed by atoms with Crippen LogP contribution >= 0.6 is 11.3 Å². The summed E-state index contributed by atoms with van der Waals surface area (Å²) in [5, 5.41) is 14.0. The monoisotopic (exact) mass is 393 g/mol. The Morgan fingerprint density at radius 3 is 2.70 bits per heavy atom. The Balaban J connectivity index is 2.29. The molecule has 0 aliphatic rings. The molecular formula is C18H23N3O5S. The topological polar surface area (TPSA) is 102 Å². The molecule has 8 nitrogen and oxygen atoms in total. The number of nitrogens with zero attached hydrogens (tertiary/aromatic N) is 2. The fraction of sp³-hybridized carbons (Fsp3) is 0.389. The van der Waals surface area contributed by atoms with E-state index in [1.807, 2.05) is 0 Å². The molecule has 0 radical (unpaired) electrons. The molecule has 9 heteroatoms. The molecule has 2 aromatic rings. The Morgan fingerprint density at radius 2 is 2.07 bits per heavy atom. The molecule has 2 N–H and O–H groups in total. The molecule has 0 aliphatic heterocycles. The number of nitrogens with one attached hydrogen (secondary N) is 1. The highest BCUT2D eigenvalue weighted by atomic mass is 32.1. The van der Waals surface area contributed by atoms with Crippen molar-refractivity contribution in [2.75, 3.05) is 20.8 Å². The zero-order valence-corrected chi connectivity index (χ0v) is 16.3. The Kier molecular flexibility index (Phi) is 7.56. The van der Waals surface area contributed by atoms with E-state index in [9.17, 15) is 14.7 Å². The van der Waals surface area contributed by atoms with Gasteiger partial charge in [0.15, 0.2) is 4.80 Å². The number of benzene rings is 1. The standard InChI is InChI=1S/C18H23N3O5S/c1-12(23)19-7-4-8-21-13(10-22)11-27-18(21)20-17(24)15-6-5-14(25-2)9-16(15)26-3/h5-6,9,11,22H,4,7-8,10H2,1-3H3,(H,19,23)/b20-18-. The smallest absolute Gasteiger partial charge is 0.283 e. The van der Waals surface area contributed by atoms with Crippen LogP contribution in [0.2, 0.25) is 0 Å². The van der Waals surface area contributed by atoms with Crippen molar-refractivity contribution in [3.63, 3.8) is 0 Å². The first-order valence-corrected chi connectivity index (χ1v) is 9.21. The minimum atomic E-state index is -0.448. The maximum atomic E-state index is 12.6. The number of aliphatic hydroxyl groups excluding tert-OH is 1. The van der Waals surface area contributed by atoms with Crippen LogP contribution in [-0.2, 0) is 17.9 Å². The van der Waals surface area contributed by atoms with E-state index in [4.69, 9.17) is 9.47 Å². The fourth-order valence-corrected chi connectivity index (χ4v) is 3.36. The van der Waals surface area contributed by atoms with Crippen LogP contribution in [0.4, 0.5) is 0 Å². The molecule has 146 valence electrons. The summed E-state index contributed by atoms with van der Waals surface area (Å²) in [6.45, 7) is 2.32. The van der Waals surface area contributed by atoms with E-state index in [1.165, 1.54) is 32.5 Å². The molecular weight excluding hydrogens is 370 g/mol. The molecule has 0 unspecified atom stereocenters. The summed E-state index contributed by atoms with van der Waals surface area (Å²) in [6.07, 6.45) is 0.649. The molecule has 0 fully saturated rings. The average molecular weight is 393 g/mol. The maximum absolute atomic E-state index is 12.6. The van der Waals surface area contributed by atoms with Crippen molar-refractivity contribution in [2.24, 2.45) is 4.99 Å². The highest BCUT2D eigenvalue weighted by Crippen LogP contribution is 2.25. The highest BCUT2D eigenvalue weighted by Gasteiger charge is 2.14. The molecule has 0 spiro atoms. The van der Waals surface area contributed by atoms with Gasteiger partial charge in [-0.15, -0.1) is 11.3 Å². The normalized spacial score (nSPS) is 11.3. The summed E-state index contributed by atoms with van der Waals surface area (Å²) >= 11 is 1.27. The van der Waals surface area contributed by atoms with Crippen molar-refractivity contribution < 1.29 is 24.2 Å². The van der Waals surface area contributed by atoms with Gasteiger partial charge in [0.1, 0.15) is 11.5 Å². The Labute approximate surface area is 161 Å². The van der Waals surface area contributed by atoms with E-state index in [0.717, 1.165) is 0 Å². The quantitative estimate of drug-likeness (QED) is 0.659. The van der Waals surface area contributed by atoms with Crippen molar-refractivity contribution in [2.45, 2.75) is 26.5 Å². The lowest BCUT2D eigenvalue weighted by Crippen LogP contribution is -2.25. The van der Waals surface area contributed by atoms with Crippen LogP contribution in [0.1, 0.15) is 29.4 Å². The SMILES string of the molecule is COc1ccc(C(=O)/N=c2\scc(CO)n2CCCNC(C)=O)c(OC)c1. The van der Waals surface area contributed by atoms with Gasteiger partial charge in [-0.3, -0.25) is 9.59 Å². The van der Waals surface area contributed by atoms with Gasteiger partial charge in [-0.2, -0.15) is 4.99 Å². The van der Waals surface area contributed by atoms with E-state index in [-0.39, 0.29) is 12.5 Å². The summed E-state index contributed by atoms with van der Waals surface area (Å²) < 4.78 is 12.2. The van der Waals surface area contributed by atoms with Crippen molar-refractivity contribution >= 4 is 23.2 Å². The minimum absolute atomic E-state index is 0.0978. The molecule has 1 aromatic carbocycles. The zero-order valence-electron chi connectivity index (χ0n) is 15.5. The Morgan fingerprint density at radius 1 is 1.30 bits per heavy atom. The molecule has 27 heavy (non-hydrogen) atoms. The number of aromatic nitrogens is 1. The second-order valence-electron chi connectivity index (χ2n) is 5.64. The minimum Gasteiger partial charge on any atom is -0.497 e. The zero-order chi connectivity index (χ0) is 19.8. The number of carbonyl (C=O) groups excluding carboxylic acids is 2. The van der Waals surface area contributed by atoms with E-state index < -0.39 is 5.91 Å². The van der Waals surface area contributed by atoms with Crippen LogP contribution < -0.4 is 19.6 Å². The second-order valence-corrected chi connectivity index (χ2v) is 6.48. The first-order valence-electron chi connectivity index (χ1n) is 8.33. The van der Waals surface area contributed by atoms with Crippen LogP contribution in [0.15, 0.2) is 28.6 Å². The van der Waals surface area contributed by atoms with Crippen LogP contribution in [0, 0.1) is 0 Å². The lowest BCUT2D eigenvalue weighted by atomic mass is 10.2. The van der Waals surface area contributed by atoms with Crippen molar-refractivity contribution in [1.82, 2.24) is 9.88 Å². The third-order valence-corrected chi connectivity index (χ3v) is 4.72. The summed E-state index contributed by atoms with van der Waals surface area (Å²) in [7, 11) is 3.01. The number of amides is 2. The van der Waals surface area contributed by atoms with E-state index in [1.54, 1.807) is 28.1 Å². The summed E-state index contributed by atoms with van der Waals surface area (Å²) in [4.78, 5) is 28.3. The average Bonchev–Trinajstić information content (AvgIpc) is 3.05. The fourth-order valence-electron chi connectivity index (χ4n) is 2.44. The number of hydrogen-bond acceptors (Lipinski definition) is 6. The van der Waals surface area contributed by atoms with Crippen molar-refractivity contribution in [1.29, 1.82) is 0 Å². The predicted octanol–water partition coefficient (Wildman–Crippen LogP) is 1.33. The van der Waals surface area contributed by atoms with Gasteiger partial charge in [-0.1, -0.05) is 0 Å². The molecule has 1 heterocycles. The number of thiazole rings is 1. The highest BCUT2D eigenvalue weighted by molar-refractivity contribution is 7.07. The maximum Gasteiger partial charge on any atom is 0.283 e. The largest absolute Gasteiger partial charge is 0.497 e. The Hall–Kier alpha value is -2.65. The van der Waals surface area contributed by atoms with Gasteiger partial charge >= 0.3 is 0 Å². The molecule has 0 atom stereocenters. The van der Waals surface area contributed by atoms with Crippen LogP contribution in [0.25, 0.3) is 0 Å². The number of hydrogen-bond donors (Lipinski definition) is 2. The van der Waals surface area contributed by atoms with Gasteiger partial charge in [0.25, 0.3) is 5.91 Å². The number of carbonyl (C=O) groups is 2. The number of methoxy groups -OCH3 is 2. The summed E-state index contributed by atoms with van der Waals surface area (Å²) in [5.41, 5.74) is 0.984. The third kappa shape index (κ3) is 5.41. The van der Waals surface area contributed by atoms with Crippen LogP contribution in [0.5, 0.6) is 11.5 Å². The van der Waals surface area contributed by atoms with Gasteiger partial charge in [0, 0.05) is 31.5 Å². The lowest BCUT2D eigenvalue weighted by molar-refractivity contribution is -0.118. The van der Waals surface area contributed by atoms with Crippen LogP contribution in [0.3, 0.4) is 0 Å². The third-order valence-electron chi connectivity index (χ3n) is 3.81. The number of aliphatic hydroxyl groups is 1. The lowest BCUT2D eigenvalue weighted by Gasteiger charge is -2.09. The van der Waals surface area contributed by atoms with E-state index in [2.05, 4.69) is 10.3 Å². The molecule has 0 saturated carbocycles. The number of ether oxygens (including phenoxy) is 2. The summed E-state index contributed by atoms with van der Waals surface area (Å²) in [6, 6.07) is 4.89. The van der Waals surface area contributed by atoms with Crippen LogP contribution in [-0.4, -0.2) is 42.3 Å². The second kappa shape index (κ2) is 9.89. The van der Waals surface area contributed by atoms with Gasteiger partial charge < -0.3 is 24.5 Å². The Bertz CT molecular complexity index is 872. The molecule has 0 aliphatic carbocycles. The number of rotatable bonds is 8. The predicted molar refractivity (Wildman–Crippen MR) is 101 cm³/mol. The van der Waals surface area contributed by atoms with Gasteiger partial charge in [0.05, 0.1) is 32.1 Å². The van der Waals surface area contributed by atoms with Gasteiger partial charge in [0.2, 0.25) is 5.91 Å².